The van der Waals surface area contributed by atoms with E-state index in [0.717, 1.165) is 16.7 Å². The zero-order valence-electron chi connectivity index (χ0n) is 12.3. The molecule has 0 fully saturated rings. The van der Waals surface area contributed by atoms with E-state index in [-0.39, 0.29) is 5.91 Å². The number of H-pyrrole nitrogens is 1. The number of hydrogen-bond acceptors (Lipinski definition) is 4. The van der Waals surface area contributed by atoms with Gasteiger partial charge in [-0.2, -0.15) is 0 Å². The van der Waals surface area contributed by atoms with E-state index in [2.05, 4.69) is 10.3 Å². The maximum Gasteiger partial charge on any atom is 0.267 e. The highest BCUT2D eigenvalue weighted by atomic mass is 16.5. The van der Waals surface area contributed by atoms with Crippen molar-refractivity contribution in [3.63, 3.8) is 0 Å². The Labute approximate surface area is 123 Å². The number of nitrogens with one attached hydrogen (secondary N) is 2. The van der Waals surface area contributed by atoms with Gasteiger partial charge in [0.2, 0.25) is 0 Å². The first-order valence-corrected chi connectivity index (χ1v) is 6.79. The van der Waals surface area contributed by atoms with Crippen molar-refractivity contribution in [2.45, 2.75) is 0 Å². The Balaban J connectivity index is 1.99. The molecule has 0 atom stereocenters. The van der Waals surface area contributed by atoms with Crippen LogP contribution in [0.4, 0.5) is 0 Å². The van der Waals surface area contributed by atoms with Crippen LogP contribution in [0.2, 0.25) is 0 Å². The number of methoxy groups -OCH3 is 1. The number of carbonyl (C=O) groups excluding carboxylic acids is 1. The molecule has 6 heteroatoms. The van der Waals surface area contributed by atoms with Crippen molar-refractivity contribution in [3.8, 4) is 5.75 Å². The lowest BCUT2D eigenvalue weighted by Gasteiger charge is -2.07. The molecule has 0 spiro atoms. The molecule has 21 heavy (non-hydrogen) atoms. The van der Waals surface area contributed by atoms with E-state index in [1.807, 2.05) is 18.2 Å². The van der Waals surface area contributed by atoms with Crippen LogP contribution < -0.4 is 10.1 Å². The van der Waals surface area contributed by atoms with Gasteiger partial charge in [-0.3, -0.25) is 4.79 Å². The van der Waals surface area contributed by atoms with Crippen molar-refractivity contribution < 1.29 is 19.0 Å². The summed E-state index contributed by atoms with van der Waals surface area (Å²) in [6.07, 6.45) is 0. The Morgan fingerprint density at radius 1 is 1.24 bits per heavy atom. The standard InChI is InChI=1S/C15H20N2O4/c1-16-15(18)13-10-11-12(17-13)4-3-5-14(11)21-9-8-20-7-6-19-2/h3-5,10,17H,6-9H2,1-2H3,(H,16,18). The van der Waals surface area contributed by atoms with E-state index in [1.54, 1.807) is 20.2 Å². The number of benzene rings is 1. The third kappa shape index (κ3) is 3.96. The lowest BCUT2D eigenvalue weighted by atomic mass is 10.2. The number of aromatic nitrogens is 1. The Morgan fingerprint density at radius 3 is 2.81 bits per heavy atom. The van der Waals surface area contributed by atoms with Crippen LogP contribution in [-0.2, 0) is 9.47 Å². The molecule has 0 saturated heterocycles. The fraction of sp³-hybridized carbons (Fsp3) is 0.400. The highest BCUT2D eigenvalue weighted by molar-refractivity contribution is 5.99. The predicted molar refractivity (Wildman–Crippen MR) is 79.9 cm³/mol. The zero-order valence-corrected chi connectivity index (χ0v) is 12.3. The quantitative estimate of drug-likeness (QED) is 0.724. The van der Waals surface area contributed by atoms with Crippen molar-refractivity contribution in [3.05, 3.63) is 30.0 Å². The number of rotatable bonds is 8. The molecular weight excluding hydrogens is 272 g/mol. The van der Waals surface area contributed by atoms with Crippen molar-refractivity contribution in [1.82, 2.24) is 10.3 Å². The van der Waals surface area contributed by atoms with Crippen LogP contribution in [0, 0.1) is 0 Å². The predicted octanol–water partition coefficient (Wildman–Crippen LogP) is 1.57. The number of fused-ring (bicyclic) bond motifs is 1. The first-order valence-electron chi connectivity index (χ1n) is 6.79. The van der Waals surface area contributed by atoms with E-state index < -0.39 is 0 Å². The summed E-state index contributed by atoms with van der Waals surface area (Å²) in [5.41, 5.74) is 1.38. The summed E-state index contributed by atoms with van der Waals surface area (Å²) >= 11 is 0. The topological polar surface area (TPSA) is 72.6 Å². The van der Waals surface area contributed by atoms with Crippen molar-refractivity contribution in [2.75, 3.05) is 40.6 Å². The zero-order chi connectivity index (χ0) is 15.1. The molecule has 2 aromatic rings. The Kier molecular flexibility index (Phi) is 5.59. The number of amides is 1. The lowest BCUT2D eigenvalue weighted by molar-refractivity contribution is 0.0547. The molecule has 0 aliphatic carbocycles. The van der Waals surface area contributed by atoms with Gasteiger partial charge in [-0.1, -0.05) is 6.07 Å². The second-order valence-corrected chi connectivity index (χ2v) is 4.43. The maximum atomic E-state index is 11.6. The van der Waals surface area contributed by atoms with Gasteiger partial charge in [0.05, 0.1) is 19.8 Å². The van der Waals surface area contributed by atoms with Gasteiger partial charge < -0.3 is 24.5 Å². The van der Waals surface area contributed by atoms with E-state index in [1.165, 1.54) is 0 Å². The van der Waals surface area contributed by atoms with Crippen molar-refractivity contribution >= 4 is 16.8 Å². The smallest absolute Gasteiger partial charge is 0.267 e. The molecule has 1 heterocycles. The first-order chi connectivity index (χ1) is 10.3. The normalized spacial score (nSPS) is 10.8. The van der Waals surface area contributed by atoms with Crippen LogP contribution in [-0.4, -0.2) is 51.5 Å². The van der Waals surface area contributed by atoms with E-state index in [4.69, 9.17) is 14.2 Å². The van der Waals surface area contributed by atoms with Gasteiger partial charge in [0, 0.05) is 25.1 Å². The monoisotopic (exact) mass is 292 g/mol. The summed E-state index contributed by atoms with van der Waals surface area (Å²) in [4.78, 5) is 14.7. The van der Waals surface area contributed by atoms with Crippen molar-refractivity contribution in [1.29, 1.82) is 0 Å². The average molecular weight is 292 g/mol. The Morgan fingerprint density at radius 2 is 2.05 bits per heavy atom. The molecular formula is C15H20N2O4. The van der Waals surface area contributed by atoms with Gasteiger partial charge in [0.1, 0.15) is 18.1 Å². The van der Waals surface area contributed by atoms with Gasteiger partial charge in [0.25, 0.3) is 5.91 Å². The SMILES string of the molecule is CNC(=O)c1cc2c(OCCOCCOC)cccc2[nH]1. The van der Waals surface area contributed by atoms with Gasteiger partial charge in [-0.15, -0.1) is 0 Å². The fourth-order valence-electron chi connectivity index (χ4n) is 1.97. The van der Waals surface area contributed by atoms with Gasteiger partial charge in [-0.05, 0) is 18.2 Å². The fourth-order valence-corrected chi connectivity index (χ4v) is 1.97. The second kappa shape index (κ2) is 7.66. The number of aromatic amines is 1. The summed E-state index contributed by atoms with van der Waals surface area (Å²) in [6.45, 7) is 2.06. The summed E-state index contributed by atoms with van der Waals surface area (Å²) in [6, 6.07) is 7.45. The van der Waals surface area contributed by atoms with Gasteiger partial charge >= 0.3 is 0 Å². The molecule has 0 bridgehead atoms. The minimum Gasteiger partial charge on any atom is -0.490 e. The molecule has 0 unspecified atom stereocenters. The van der Waals surface area contributed by atoms with Gasteiger partial charge in [-0.25, -0.2) is 0 Å². The highest BCUT2D eigenvalue weighted by Crippen LogP contribution is 2.26. The van der Waals surface area contributed by atoms with E-state index in [0.29, 0.717) is 32.1 Å². The van der Waals surface area contributed by atoms with Crippen LogP contribution in [0.15, 0.2) is 24.3 Å². The Hall–Kier alpha value is -2.05. The number of hydrogen-bond donors (Lipinski definition) is 2. The largest absolute Gasteiger partial charge is 0.490 e. The number of carbonyl (C=O) groups is 1. The van der Waals surface area contributed by atoms with Crippen LogP contribution in [0.25, 0.3) is 10.9 Å². The Bertz CT molecular complexity index is 594. The first kappa shape index (κ1) is 15.3. The van der Waals surface area contributed by atoms with Crippen LogP contribution in [0.5, 0.6) is 5.75 Å². The van der Waals surface area contributed by atoms with Crippen LogP contribution >= 0.6 is 0 Å². The molecule has 114 valence electrons. The summed E-state index contributed by atoms with van der Waals surface area (Å²) in [7, 11) is 3.24. The molecule has 0 aliphatic rings. The van der Waals surface area contributed by atoms with Crippen LogP contribution in [0.3, 0.4) is 0 Å². The molecule has 0 aliphatic heterocycles. The molecule has 2 N–H and O–H groups in total. The molecule has 0 radical (unpaired) electrons. The molecule has 6 nitrogen and oxygen atoms in total. The molecule has 2 rings (SSSR count). The summed E-state index contributed by atoms with van der Waals surface area (Å²) < 4.78 is 15.9. The lowest BCUT2D eigenvalue weighted by Crippen LogP contribution is -2.17. The maximum absolute atomic E-state index is 11.6. The third-order valence-electron chi connectivity index (χ3n) is 3.01. The second-order valence-electron chi connectivity index (χ2n) is 4.43. The highest BCUT2D eigenvalue weighted by Gasteiger charge is 2.10. The number of ether oxygens (including phenoxy) is 3. The van der Waals surface area contributed by atoms with E-state index >= 15 is 0 Å². The average Bonchev–Trinajstić information content (AvgIpc) is 2.94. The molecule has 1 amide bonds. The molecule has 0 saturated carbocycles. The third-order valence-corrected chi connectivity index (χ3v) is 3.01. The summed E-state index contributed by atoms with van der Waals surface area (Å²) in [5, 5.41) is 3.47. The minimum atomic E-state index is -0.153. The van der Waals surface area contributed by atoms with E-state index in [9.17, 15) is 4.79 Å². The summed E-state index contributed by atoms with van der Waals surface area (Å²) in [5.74, 6) is 0.578. The molecule has 1 aromatic carbocycles. The molecule has 1 aromatic heterocycles. The van der Waals surface area contributed by atoms with Crippen molar-refractivity contribution in [2.24, 2.45) is 0 Å². The van der Waals surface area contributed by atoms with Crippen LogP contribution in [0.1, 0.15) is 10.5 Å². The van der Waals surface area contributed by atoms with Gasteiger partial charge in [0.15, 0.2) is 0 Å². The minimum absolute atomic E-state index is 0.153.